The molecule has 0 aromatic heterocycles. The predicted octanol–water partition coefficient (Wildman–Crippen LogP) is 6.26. The molecule has 1 fully saturated rings. The molecule has 0 unspecified atom stereocenters. The fraction of sp³-hybridized carbons (Fsp3) is 0.0833. The standard InChI is InChI=1S/C24H18ClFN2O2S/c1-15-19(25)9-5-10-20(15)27-24-28-23(29)22(31-24)13-17-7-2-3-11-21(17)30-14-16-6-4-8-18(26)12-16/h2-13H,14H2,1H3,(H,27,28,29)/b22-13+. The SMILES string of the molecule is Cc1c(Cl)cccc1N=C1NC(=O)/C(=C\c2ccccc2OCc2cccc(F)c2)S1. The third-order valence-electron chi connectivity index (χ3n) is 4.60. The molecule has 1 N–H and O–H groups in total. The summed E-state index contributed by atoms with van der Waals surface area (Å²) in [6.45, 7) is 2.10. The maximum absolute atomic E-state index is 13.4. The molecule has 0 aliphatic carbocycles. The number of ether oxygens (including phenoxy) is 1. The van der Waals surface area contributed by atoms with Crippen molar-refractivity contribution in [3.8, 4) is 5.75 Å². The van der Waals surface area contributed by atoms with Gasteiger partial charge < -0.3 is 10.1 Å². The van der Waals surface area contributed by atoms with E-state index in [1.54, 1.807) is 24.3 Å². The van der Waals surface area contributed by atoms with Gasteiger partial charge in [-0.1, -0.05) is 48.0 Å². The highest BCUT2D eigenvalue weighted by atomic mass is 35.5. The first-order valence-corrected chi connectivity index (χ1v) is 10.7. The van der Waals surface area contributed by atoms with Crippen LogP contribution in [0.1, 0.15) is 16.7 Å². The highest BCUT2D eigenvalue weighted by Crippen LogP contribution is 2.32. The molecule has 1 heterocycles. The lowest BCUT2D eigenvalue weighted by molar-refractivity contribution is -0.115. The van der Waals surface area contributed by atoms with Gasteiger partial charge in [0.25, 0.3) is 5.91 Å². The highest BCUT2D eigenvalue weighted by Gasteiger charge is 2.24. The molecular weight excluding hydrogens is 435 g/mol. The van der Waals surface area contributed by atoms with E-state index in [2.05, 4.69) is 10.3 Å². The van der Waals surface area contributed by atoms with Crippen molar-refractivity contribution < 1.29 is 13.9 Å². The molecule has 0 bridgehead atoms. The zero-order valence-electron chi connectivity index (χ0n) is 16.6. The monoisotopic (exact) mass is 452 g/mol. The van der Waals surface area contributed by atoms with Crippen LogP contribution in [0, 0.1) is 12.7 Å². The quantitative estimate of drug-likeness (QED) is 0.465. The molecule has 1 amide bonds. The van der Waals surface area contributed by atoms with Crippen molar-refractivity contribution in [2.75, 3.05) is 0 Å². The Morgan fingerprint density at radius 1 is 1.13 bits per heavy atom. The predicted molar refractivity (Wildman–Crippen MR) is 124 cm³/mol. The topological polar surface area (TPSA) is 50.7 Å². The smallest absolute Gasteiger partial charge is 0.264 e. The number of rotatable bonds is 5. The summed E-state index contributed by atoms with van der Waals surface area (Å²) in [5.41, 5.74) is 3.02. The summed E-state index contributed by atoms with van der Waals surface area (Å²) in [6, 6.07) is 19.1. The summed E-state index contributed by atoms with van der Waals surface area (Å²) in [4.78, 5) is 17.5. The van der Waals surface area contributed by atoms with Crippen LogP contribution in [0.25, 0.3) is 6.08 Å². The maximum Gasteiger partial charge on any atom is 0.264 e. The number of amidine groups is 1. The lowest BCUT2D eigenvalue weighted by Crippen LogP contribution is -2.19. The van der Waals surface area contributed by atoms with Gasteiger partial charge in [-0.2, -0.15) is 0 Å². The number of thioether (sulfide) groups is 1. The summed E-state index contributed by atoms with van der Waals surface area (Å²) in [6.07, 6.45) is 1.76. The third-order valence-corrected chi connectivity index (χ3v) is 5.92. The molecule has 0 saturated carbocycles. The second-order valence-electron chi connectivity index (χ2n) is 6.82. The Hall–Kier alpha value is -3.09. The Morgan fingerprint density at radius 2 is 1.94 bits per heavy atom. The van der Waals surface area contributed by atoms with E-state index in [9.17, 15) is 9.18 Å². The number of para-hydroxylation sites is 1. The minimum atomic E-state index is -0.308. The van der Waals surface area contributed by atoms with Crippen LogP contribution in [0.3, 0.4) is 0 Å². The molecule has 31 heavy (non-hydrogen) atoms. The average molecular weight is 453 g/mol. The van der Waals surface area contributed by atoms with Crippen LogP contribution >= 0.6 is 23.4 Å². The number of carbonyl (C=O) groups is 1. The van der Waals surface area contributed by atoms with E-state index in [1.807, 2.05) is 43.3 Å². The normalized spacial score (nSPS) is 16.0. The second kappa shape index (κ2) is 9.37. The van der Waals surface area contributed by atoms with Gasteiger partial charge in [-0.25, -0.2) is 9.38 Å². The van der Waals surface area contributed by atoms with Crippen molar-refractivity contribution in [2.45, 2.75) is 13.5 Å². The molecule has 1 aliphatic heterocycles. The second-order valence-corrected chi connectivity index (χ2v) is 8.26. The number of nitrogens with zero attached hydrogens (tertiary/aromatic N) is 1. The molecule has 1 aliphatic rings. The van der Waals surface area contributed by atoms with Gasteiger partial charge in [0, 0.05) is 10.6 Å². The van der Waals surface area contributed by atoms with Gasteiger partial charge in [0.15, 0.2) is 5.17 Å². The van der Waals surface area contributed by atoms with Crippen molar-refractivity contribution in [1.82, 2.24) is 5.32 Å². The van der Waals surface area contributed by atoms with Crippen LogP contribution < -0.4 is 10.1 Å². The number of hydrogen-bond donors (Lipinski definition) is 1. The summed E-state index contributed by atoms with van der Waals surface area (Å²) in [7, 11) is 0. The van der Waals surface area contributed by atoms with Crippen LogP contribution in [0.2, 0.25) is 5.02 Å². The number of amides is 1. The minimum absolute atomic E-state index is 0.220. The summed E-state index contributed by atoms with van der Waals surface area (Å²) in [5, 5.41) is 3.89. The number of halogens is 2. The highest BCUT2D eigenvalue weighted by molar-refractivity contribution is 8.18. The Balaban J connectivity index is 1.54. The number of hydrogen-bond acceptors (Lipinski definition) is 4. The maximum atomic E-state index is 13.4. The van der Waals surface area contributed by atoms with Crippen molar-refractivity contribution >= 4 is 46.2 Å². The zero-order valence-corrected chi connectivity index (χ0v) is 18.1. The van der Waals surface area contributed by atoms with Crippen molar-refractivity contribution in [2.24, 2.45) is 4.99 Å². The van der Waals surface area contributed by atoms with E-state index in [4.69, 9.17) is 16.3 Å². The Morgan fingerprint density at radius 3 is 2.77 bits per heavy atom. The molecule has 1 saturated heterocycles. The number of carbonyl (C=O) groups excluding carboxylic acids is 1. The summed E-state index contributed by atoms with van der Waals surface area (Å²) in [5.74, 6) is 0.0596. The zero-order chi connectivity index (χ0) is 21.8. The third kappa shape index (κ3) is 5.16. The number of nitrogens with one attached hydrogen (secondary N) is 1. The molecule has 0 radical (unpaired) electrons. The molecule has 0 spiro atoms. The Kier molecular flexibility index (Phi) is 6.39. The van der Waals surface area contributed by atoms with Gasteiger partial charge >= 0.3 is 0 Å². The minimum Gasteiger partial charge on any atom is -0.488 e. The van der Waals surface area contributed by atoms with Gasteiger partial charge in [-0.15, -0.1) is 0 Å². The summed E-state index contributed by atoms with van der Waals surface area (Å²) >= 11 is 7.40. The molecule has 3 aromatic carbocycles. The van der Waals surface area contributed by atoms with Gasteiger partial charge in [-0.3, -0.25) is 4.79 Å². The first-order valence-electron chi connectivity index (χ1n) is 9.50. The number of aliphatic imine (C=N–C) groups is 1. The van der Waals surface area contributed by atoms with Crippen LogP contribution in [0.4, 0.5) is 10.1 Å². The molecule has 0 atom stereocenters. The first kappa shape index (κ1) is 21.2. The molecule has 7 heteroatoms. The van der Waals surface area contributed by atoms with Crippen molar-refractivity contribution in [1.29, 1.82) is 0 Å². The molecule has 4 rings (SSSR count). The Labute approximate surface area is 188 Å². The van der Waals surface area contributed by atoms with E-state index in [0.29, 0.717) is 26.5 Å². The van der Waals surface area contributed by atoms with E-state index in [0.717, 1.165) is 16.7 Å². The Bertz CT molecular complexity index is 1210. The first-order chi connectivity index (χ1) is 15.0. The summed E-state index contributed by atoms with van der Waals surface area (Å²) < 4.78 is 19.3. The van der Waals surface area contributed by atoms with Crippen molar-refractivity contribution in [3.05, 3.63) is 99.2 Å². The van der Waals surface area contributed by atoms with Gasteiger partial charge in [0.1, 0.15) is 18.2 Å². The van der Waals surface area contributed by atoms with Gasteiger partial charge in [0.2, 0.25) is 0 Å². The lowest BCUT2D eigenvalue weighted by atomic mass is 10.2. The molecule has 3 aromatic rings. The number of benzene rings is 3. The van der Waals surface area contributed by atoms with Gasteiger partial charge in [0.05, 0.1) is 10.6 Å². The van der Waals surface area contributed by atoms with Crippen LogP contribution in [0.15, 0.2) is 76.6 Å². The molecular formula is C24H18ClFN2O2S. The van der Waals surface area contributed by atoms with E-state index in [-0.39, 0.29) is 18.3 Å². The fourth-order valence-electron chi connectivity index (χ4n) is 2.97. The lowest BCUT2D eigenvalue weighted by Gasteiger charge is -2.09. The molecule has 156 valence electrons. The van der Waals surface area contributed by atoms with E-state index >= 15 is 0 Å². The van der Waals surface area contributed by atoms with Crippen LogP contribution in [-0.2, 0) is 11.4 Å². The van der Waals surface area contributed by atoms with Gasteiger partial charge in [-0.05, 0) is 66.2 Å². The van der Waals surface area contributed by atoms with E-state index < -0.39 is 0 Å². The molecule has 4 nitrogen and oxygen atoms in total. The van der Waals surface area contributed by atoms with Crippen molar-refractivity contribution in [3.63, 3.8) is 0 Å². The van der Waals surface area contributed by atoms with E-state index in [1.165, 1.54) is 23.9 Å². The van der Waals surface area contributed by atoms with Crippen LogP contribution in [-0.4, -0.2) is 11.1 Å². The average Bonchev–Trinajstić information content (AvgIpc) is 3.09. The fourth-order valence-corrected chi connectivity index (χ4v) is 3.96. The largest absolute Gasteiger partial charge is 0.488 e. The van der Waals surface area contributed by atoms with Crippen LogP contribution in [0.5, 0.6) is 5.75 Å².